The second-order valence-electron chi connectivity index (χ2n) is 7.20. The summed E-state index contributed by atoms with van der Waals surface area (Å²) in [6.07, 6.45) is 2.13. The van der Waals surface area contributed by atoms with Gasteiger partial charge in [-0.05, 0) is 34.6 Å². The smallest absolute Gasteiger partial charge is 0.335 e. The molecule has 0 aliphatic carbocycles. The van der Waals surface area contributed by atoms with Crippen LogP contribution >= 0.6 is 0 Å². The van der Waals surface area contributed by atoms with Crippen molar-refractivity contribution < 1.29 is 9.90 Å². The van der Waals surface area contributed by atoms with E-state index in [0.717, 1.165) is 23.0 Å². The maximum absolute atomic E-state index is 11.5. The third-order valence-corrected chi connectivity index (χ3v) is 4.05. The first-order valence-corrected chi connectivity index (χ1v) is 7.77. The van der Waals surface area contributed by atoms with Gasteiger partial charge in [-0.1, -0.05) is 34.6 Å². The molecule has 1 heterocycles. The molecule has 4 heteroatoms. The van der Waals surface area contributed by atoms with E-state index in [1.165, 1.54) is 5.56 Å². The third-order valence-electron chi connectivity index (χ3n) is 4.05. The van der Waals surface area contributed by atoms with Crippen LogP contribution in [-0.2, 0) is 12.0 Å². The molecule has 4 nitrogen and oxygen atoms in total. The highest BCUT2D eigenvalue weighted by Gasteiger charge is 2.24. The number of carboxylic acid groups (broad SMARTS) is 1. The highest BCUT2D eigenvalue weighted by atomic mass is 16.4. The van der Waals surface area contributed by atoms with Crippen LogP contribution in [0.15, 0.2) is 18.3 Å². The number of carboxylic acids is 1. The molecule has 0 spiro atoms. The van der Waals surface area contributed by atoms with Crippen molar-refractivity contribution in [1.29, 1.82) is 0 Å². The van der Waals surface area contributed by atoms with Crippen LogP contribution < -0.4 is 5.73 Å². The molecule has 22 heavy (non-hydrogen) atoms. The zero-order valence-electron chi connectivity index (χ0n) is 14.1. The predicted molar refractivity (Wildman–Crippen MR) is 90.7 cm³/mol. The monoisotopic (exact) mass is 302 g/mol. The minimum atomic E-state index is -0.881. The first-order valence-electron chi connectivity index (χ1n) is 7.77. The van der Waals surface area contributed by atoms with E-state index in [2.05, 4.69) is 45.4 Å². The van der Waals surface area contributed by atoms with Gasteiger partial charge in [0.1, 0.15) is 0 Å². The lowest BCUT2D eigenvalue weighted by molar-refractivity contribution is 0.0697. The van der Waals surface area contributed by atoms with Crippen LogP contribution in [0.5, 0.6) is 0 Å². The number of nitrogens with two attached hydrogens (primary N) is 1. The molecular formula is C18H26N2O2. The zero-order valence-corrected chi connectivity index (χ0v) is 14.1. The Balaban J connectivity index is 2.92. The van der Waals surface area contributed by atoms with E-state index in [4.69, 9.17) is 5.73 Å². The second-order valence-corrected chi connectivity index (χ2v) is 7.20. The van der Waals surface area contributed by atoms with Crippen LogP contribution in [0, 0.1) is 0 Å². The lowest BCUT2D eigenvalue weighted by Crippen LogP contribution is -2.16. The van der Waals surface area contributed by atoms with Crippen molar-refractivity contribution in [2.75, 3.05) is 6.54 Å². The molecule has 1 aromatic carbocycles. The van der Waals surface area contributed by atoms with E-state index in [9.17, 15) is 9.90 Å². The van der Waals surface area contributed by atoms with Crippen molar-refractivity contribution in [1.82, 2.24) is 4.57 Å². The molecule has 120 valence electrons. The van der Waals surface area contributed by atoms with Gasteiger partial charge < -0.3 is 15.4 Å². The summed E-state index contributed by atoms with van der Waals surface area (Å²) in [6, 6.07) is 3.61. The molecule has 0 fully saturated rings. The predicted octanol–water partition coefficient (Wildman–Crippen LogP) is 3.72. The summed E-state index contributed by atoms with van der Waals surface area (Å²) >= 11 is 0. The SMILES string of the molecule is CC(C)c1cn(CCN)c2c(C(C)(C)C)cc(C(=O)O)cc12. The van der Waals surface area contributed by atoms with E-state index >= 15 is 0 Å². The Morgan fingerprint density at radius 3 is 2.41 bits per heavy atom. The van der Waals surface area contributed by atoms with Gasteiger partial charge in [-0.25, -0.2) is 4.79 Å². The summed E-state index contributed by atoms with van der Waals surface area (Å²) in [4.78, 5) is 11.5. The van der Waals surface area contributed by atoms with Crippen molar-refractivity contribution in [3.63, 3.8) is 0 Å². The minimum absolute atomic E-state index is 0.136. The summed E-state index contributed by atoms with van der Waals surface area (Å²) in [5, 5.41) is 10.5. The second kappa shape index (κ2) is 5.76. The van der Waals surface area contributed by atoms with Gasteiger partial charge in [-0.3, -0.25) is 0 Å². The number of aromatic carboxylic acids is 1. The van der Waals surface area contributed by atoms with Crippen molar-refractivity contribution in [3.05, 3.63) is 35.0 Å². The number of nitrogens with zero attached hydrogens (tertiary/aromatic N) is 1. The van der Waals surface area contributed by atoms with E-state index in [1.807, 2.05) is 6.07 Å². The Bertz CT molecular complexity index is 706. The van der Waals surface area contributed by atoms with Gasteiger partial charge >= 0.3 is 5.97 Å². The van der Waals surface area contributed by atoms with Gasteiger partial charge in [0.25, 0.3) is 0 Å². The number of benzene rings is 1. The van der Waals surface area contributed by atoms with Gasteiger partial charge in [-0.2, -0.15) is 0 Å². The van der Waals surface area contributed by atoms with Crippen molar-refractivity contribution >= 4 is 16.9 Å². The minimum Gasteiger partial charge on any atom is -0.478 e. The highest BCUT2D eigenvalue weighted by Crippen LogP contribution is 2.36. The fraction of sp³-hybridized carbons (Fsp3) is 0.500. The first kappa shape index (κ1) is 16.6. The van der Waals surface area contributed by atoms with Gasteiger partial charge in [0.2, 0.25) is 0 Å². The van der Waals surface area contributed by atoms with Gasteiger partial charge in [0.05, 0.1) is 11.1 Å². The number of aromatic nitrogens is 1. The molecule has 0 aliphatic heterocycles. The Morgan fingerprint density at radius 2 is 1.95 bits per heavy atom. The summed E-state index contributed by atoms with van der Waals surface area (Å²) in [5.74, 6) is -0.549. The van der Waals surface area contributed by atoms with E-state index in [1.54, 1.807) is 6.07 Å². The van der Waals surface area contributed by atoms with Crippen LogP contribution in [-0.4, -0.2) is 22.2 Å². The molecule has 0 amide bonds. The standard InChI is InChI=1S/C18H26N2O2/c1-11(2)14-10-20(7-6-19)16-13(14)8-12(17(21)22)9-15(16)18(3,4)5/h8-11H,6-7,19H2,1-5H3,(H,21,22). The summed E-state index contributed by atoms with van der Waals surface area (Å²) < 4.78 is 2.18. The molecule has 2 aromatic rings. The quantitative estimate of drug-likeness (QED) is 0.904. The third kappa shape index (κ3) is 2.88. The molecule has 0 saturated carbocycles. The fourth-order valence-electron chi connectivity index (χ4n) is 2.94. The van der Waals surface area contributed by atoms with Crippen LogP contribution in [0.4, 0.5) is 0 Å². The van der Waals surface area contributed by atoms with Crippen molar-refractivity contribution in [2.24, 2.45) is 5.73 Å². The Kier molecular flexibility index (Phi) is 4.34. The maximum Gasteiger partial charge on any atom is 0.335 e. The fourth-order valence-corrected chi connectivity index (χ4v) is 2.94. The Morgan fingerprint density at radius 1 is 1.32 bits per heavy atom. The lowest BCUT2D eigenvalue weighted by Gasteiger charge is -2.22. The number of fused-ring (bicyclic) bond motifs is 1. The van der Waals surface area contributed by atoms with E-state index < -0.39 is 5.97 Å². The topological polar surface area (TPSA) is 68.2 Å². The normalized spacial score (nSPS) is 12.3. The van der Waals surface area contributed by atoms with Crippen LogP contribution in [0.25, 0.3) is 10.9 Å². The average molecular weight is 302 g/mol. The van der Waals surface area contributed by atoms with Gasteiger partial charge in [-0.15, -0.1) is 0 Å². The van der Waals surface area contributed by atoms with Crippen LogP contribution in [0.2, 0.25) is 0 Å². The molecular weight excluding hydrogens is 276 g/mol. The average Bonchev–Trinajstić information content (AvgIpc) is 2.76. The summed E-state index contributed by atoms with van der Waals surface area (Å²) in [7, 11) is 0. The Labute approximate surface area is 131 Å². The lowest BCUT2D eigenvalue weighted by atomic mass is 9.84. The molecule has 0 bridgehead atoms. The number of rotatable bonds is 4. The Hall–Kier alpha value is -1.81. The van der Waals surface area contributed by atoms with Crippen LogP contribution in [0.1, 0.15) is 62.0 Å². The summed E-state index contributed by atoms with van der Waals surface area (Å²) in [5.41, 5.74) is 9.33. The molecule has 2 rings (SSSR count). The molecule has 3 N–H and O–H groups in total. The van der Waals surface area contributed by atoms with Crippen molar-refractivity contribution in [3.8, 4) is 0 Å². The summed E-state index contributed by atoms with van der Waals surface area (Å²) in [6.45, 7) is 11.9. The van der Waals surface area contributed by atoms with Crippen LogP contribution in [0.3, 0.4) is 0 Å². The number of carbonyl (C=O) groups is 1. The first-order chi connectivity index (χ1) is 10.2. The van der Waals surface area contributed by atoms with E-state index in [0.29, 0.717) is 18.0 Å². The molecule has 0 atom stereocenters. The maximum atomic E-state index is 11.5. The van der Waals surface area contributed by atoms with Gasteiger partial charge in [0, 0.05) is 24.7 Å². The number of hydrogen-bond acceptors (Lipinski definition) is 2. The van der Waals surface area contributed by atoms with E-state index in [-0.39, 0.29) is 5.41 Å². The van der Waals surface area contributed by atoms with Gasteiger partial charge in [0.15, 0.2) is 0 Å². The highest BCUT2D eigenvalue weighted by molar-refractivity contribution is 5.97. The molecule has 0 unspecified atom stereocenters. The molecule has 0 aliphatic rings. The molecule has 0 saturated heterocycles. The zero-order chi connectivity index (χ0) is 16.7. The largest absolute Gasteiger partial charge is 0.478 e. The molecule has 1 aromatic heterocycles. The molecule has 0 radical (unpaired) electrons. The van der Waals surface area contributed by atoms with Crippen molar-refractivity contribution in [2.45, 2.75) is 52.5 Å². The number of hydrogen-bond donors (Lipinski definition) is 2.